The molecule has 21 heavy (non-hydrogen) atoms. The van der Waals surface area contributed by atoms with Crippen molar-refractivity contribution in [3.63, 3.8) is 0 Å². The van der Waals surface area contributed by atoms with E-state index in [0.29, 0.717) is 24.3 Å². The Labute approximate surface area is 128 Å². The van der Waals surface area contributed by atoms with Gasteiger partial charge in [0.2, 0.25) is 5.91 Å². The minimum Gasteiger partial charge on any atom is -0.341 e. The van der Waals surface area contributed by atoms with Crippen LogP contribution in [0.25, 0.3) is 0 Å². The molecule has 1 unspecified atom stereocenters. The third-order valence-corrected chi connectivity index (χ3v) is 4.59. The van der Waals surface area contributed by atoms with Crippen molar-refractivity contribution in [1.82, 2.24) is 10.2 Å². The summed E-state index contributed by atoms with van der Waals surface area (Å²) in [6.45, 7) is 8.33. The lowest BCUT2D eigenvalue weighted by atomic mass is 9.85. The van der Waals surface area contributed by atoms with Crippen molar-refractivity contribution in [3.8, 4) is 0 Å². The lowest BCUT2D eigenvalue weighted by Crippen LogP contribution is -2.50. The van der Waals surface area contributed by atoms with Crippen molar-refractivity contribution < 1.29 is 4.79 Å². The van der Waals surface area contributed by atoms with Crippen molar-refractivity contribution in [1.29, 1.82) is 0 Å². The van der Waals surface area contributed by atoms with Crippen LogP contribution >= 0.6 is 0 Å². The number of rotatable bonds is 4. The standard InChI is InChI=1S/C18H28N2O/c1-18(2,3)16(19-4)13-20-11-10-15(12-17(20)21)14-8-6-5-7-9-14/h5-9,15-16,19H,10-13H2,1-4H3/t15?,16-/m1/s1. The Morgan fingerprint density at radius 3 is 2.48 bits per heavy atom. The molecule has 1 aromatic carbocycles. The van der Waals surface area contributed by atoms with Crippen molar-refractivity contribution in [2.24, 2.45) is 5.41 Å². The van der Waals surface area contributed by atoms with E-state index in [1.807, 2.05) is 18.0 Å². The summed E-state index contributed by atoms with van der Waals surface area (Å²) in [6.07, 6.45) is 1.71. The van der Waals surface area contributed by atoms with E-state index in [1.54, 1.807) is 0 Å². The quantitative estimate of drug-likeness (QED) is 0.923. The Morgan fingerprint density at radius 1 is 1.29 bits per heavy atom. The minimum atomic E-state index is 0.158. The van der Waals surface area contributed by atoms with Gasteiger partial charge in [0.25, 0.3) is 0 Å². The summed E-state index contributed by atoms with van der Waals surface area (Å²) in [4.78, 5) is 14.5. The first-order chi connectivity index (χ1) is 9.91. The number of hydrogen-bond acceptors (Lipinski definition) is 2. The largest absolute Gasteiger partial charge is 0.341 e. The van der Waals surface area contributed by atoms with Gasteiger partial charge in [-0.05, 0) is 30.4 Å². The zero-order chi connectivity index (χ0) is 15.5. The van der Waals surface area contributed by atoms with E-state index in [9.17, 15) is 4.79 Å². The molecule has 1 aromatic rings. The Hall–Kier alpha value is -1.35. The molecule has 3 heteroatoms. The van der Waals surface area contributed by atoms with Crippen LogP contribution in [0.2, 0.25) is 0 Å². The van der Waals surface area contributed by atoms with Gasteiger partial charge >= 0.3 is 0 Å². The molecule has 1 aliphatic heterocycles. The number of likely N-dealkylation sites (tertiary alicyclic amines) is 1. The van der Waals surface area contributed by atoms with Crippen molar-refractivity contribution in [2.45, 2.75) is 45.6 Å². The normalized spacial score (nSPS) is 21.4. The third kappa shape index (κ3) is 4.07. The molecule has 0 radical (unpaired) electrons. The number of benzene rings is 1. The van der Waals surface area contributed by atoms with E-state index in [2.05, 4.69) is 50.4 Å². The van der Waals surface area contributed by atoms with Crippen LogP contribution in [-0.4, -0.2) is 37.0 Å². The lowest BCUT2D eigenvalue weighted by Gasteiger charge is -2.38. The molecule has 2 atom stereocenters. The maximum absolute atomic E-state index is 12.5. The number of carbonyl (C=O) groups excluding carboxylic acids is 1. The summed E-state index contributed by atoms with van der Waals surface area (Å²) < 4.78 is 0. The van der Waals surface area contributed by atoms with Gasteiger partial charge in [0.05, 0.1) is 0 Å². The van der Waals surface area contributed by atoms with Crippen molar-refractivity contribution in [3.05, 3.63) is 35.9 Å². The van der Waals surface area contributed by atoms with E-state index in [-0.39, 0.29) is 5.41 Å². The number of piperidine rings is 1. The first kappa shape index (κ1) is 16.0. The highest BCUT2D eigenvalue weighted by molar-refractivity contribution is 5.78. The van der Waals surface area contributed by atoms with Crippen LogP contribution in [0.5, 0.6) is 0 Å². The summed E-state index contributed by atoms with van der Waals surface area (Å²) in [5.41, 5.74) is 1.46. The molecule has 1 aliphatic rings. The molecule has 2 rings (SSSR count). The fraction of sp³-hybridized carbons (Fsp3) is 0.611. The molecule has 0 bridgehead atoms. The average Bonchev–Trinajstić information content (AvgIpc) is 2.45. The molecule has 1 fully saturated rings. The molecule has 1 saturated heterocycles. The summed E-state index contributed by atoms with van der Waals surface area (Å²) in [5.74, 6) is 0.678. The van der Waals surface area contributed by atoms with Crippen molar-refractivity contribution >= 4 is 5.91 Å². The monoisotopic (exact) mass is 288 g/mol. The first-order valence-electron chi connectivity index (χ1n) is 7.92. The van der Waals surface area contributed by atoms with Gasteiger partial charge in [0.1, 0.15) is 0 Å². The van der Waals surface area contributed by atoms with Gasteiger partial charge in [-0.15, -0.1) is 0 Å². The van der Waals surface area contributed by atoms with Gasteiger partial charge in [-0.3, -0.25) is 4.79 Å². The summed E-state index contributed by atoms with van der Waals surface area (Å²) in [7, 11) is 1.98. The molecule has 1 amide bonds. The molecule has 1 N–H and O–H groups in total. The molecular formula is C18H28N2O. The van der Waals surface area contributed by atoms with Crippen LogP contribution < -0.4 is 5.32 Å². The summed E-state index contributed by atoms with van der Waals surface area (Å²) in [6, 6.07) is 10.8. The topological polar surface area (TPSA) is 32.3 Å². The molecule has 3 nitrogen and oxygen atoms in total. The van der Waals surface area contributed by atoms with E-state index in [1.165, 1.54) is 5.56 Å². The second-order valence-electron chi connectivity index (χ2n) is 7.15. The van der Waals surface area contributed by atoms with Crippen molar-refractivity contribution in [2.75, 3.05) is 20.1 Å². The van der Waals surface area contributed by atoms with Crippen LogP contribution in [0, 0.1) is 5.41 Å². The van der Waals surface area contributed by atoms with Crippen LogP contribution in [0.1, 0.15) is 45.1 Å². The van der Waals surface area contributed by atoms with Gasteiger partial charge < -0.3 is 10.2 Å². The molecule has 116 valence electrons. The number of likely N-dealkylation sites (N-methyl/N-ethyl adjacent to an activating group) is 1. The number of hydrogen-bond donors (Lipinski definition) is 1. The van der Waals surface area contributed by atoms with Crippen LogP contribution in [0.15, 0.2) is 30.3 Å². The molecule has 0 aromatic heterocycles. The average molecular weight is 288 g/mol. The van der Waals surface area contributed by atoms with E-state index in [4.69, 9.17) is 0 Å². The zero-order valence-corrected chi connectivity index (χ0v) is 13.7. The number of carbonyl (C=O) groups is 1. The predicted molar refractivity (Wildman–Crippen MR) is 87.3 cm³/mol. The fourth-order valence-electron chi connectivity index (χ4n) is 3.10. The van der Waals surface area contributed by atoms with Crippen LogP contribution in [0.3, 0.4) is 0 Å². The van der Waals surface area contributed by atoms with Gasteiger partial charge in [0.15, 0.2) is 0 Å². The first-order valence-corrected chi connectivity index (χ1v) is 7.92. The smallest absolute Gasteiger partial charge is 0.223 e. The van der Waals surface area contributed by atoms with Gasteiger partial charge in [-0.2, -0.15) is 0 Å². The Kier molecular flexibility index (Phi) is 5.04. The highest BCUT2D eigenvalue weighted by Crippen LogP contribution is 2.29. The number of nitrogens with zero attached hydrogens (tertiary/aromatic N) is 1. The molecule has 0 spiro atoms. The zero-order valence-electron chi connectivity index (χ0n) is 13.7. The Morgan fingerprint density at radius 2 is 1.95 bits per heavy atom. The predicted octanol–water partition coefficient (Wildman–Crippen LogP) is 3.03. The highest BCUT2D eigenvalue weighted by atomic mass is 16.2. The van der Waals surface area contributed by atoms with E-state index < -0.39 is 0 Å². The molecule has 0 saturated carbocycles. The van der Waals surface area contributed by atoms with E-state index >= 15 is 0 Å². The van der Waals surface area contributed by atoms with Gasteiger partial charge in [-0.1, -0.05) is 51.1 Å². The molecular weight excluding hydrogens is 260 g/mol. The summed E-state index contributed by atoms with van der Waals surface area (Å²) in [5, 5.41) is 3.36. The van der Waals surface area contributed by atoms with Gasteiger partial charge in [0, 0.05) is 25.6 Å². The number of nitrogens with one attached hydrogen (secondary N) is 1. The Bertz CT molecular complexity index is 464. The second-order valence-corrected chi connectivity index (χ2v) is 7.15. The SMILES string of the molecule is CN[C@H](CN1CCC(c2ccccc2)CC1=O)C(C)(C)C. The maximum Gasteiger partial charge on any atom is 0.223 e. The number of amides is 1. The fourth-order valence-corrected chi connectivity index (χ4v) is 3.10. The molecule has 0 aliphatic carbocycles. The highest BCUT2D eigenvalue weighted by Gasteiger charge is 2.31. The summed E-state index contributed by atoms with van der Waals surface area (Å²) >= 11 is 0. The Balaban J connectivity index is 1.97. The maximum atomic E-state index is 12.5. The van der Waals surface area contributed by atoms with Crippen LogP contribution in [-0.2, 0) is 4.79 Å². The van der Waals surface area contributed by atoms with E-state index in [0.717, 1.165) is 19.5 Å². The van der Waals surface area contributed by atoms with Crippen LogP contribution in [0.4, 0.5) is 0 Å². The third-order valence-electron chi connectivity index (χ3n) is 4.59. The second kappa shape index (κ2) is 6.61. The molecule has 1 heterocycles. The minimum absolute atomic E-state index is 0.158. The lowest BCUT2D eigenvalue weighted by molar-refractivity contribution is -0.134. The van der Waals surface area contributed by atoms with Gasteiger partial charge in [-0.25, -0.2) is 0 Å².